The zero-order valence-corrected chi connectivity index (χ0v) is 13.3. The van der Waals surface area contributed by atoms with E-state index >= 15 is 0 Å². The van der Waals surface area contributed by atoms with Gasteiger partial charge in [-0.2, -0.15) is 13.2 Å². The van der Waals surface area contributed by atoms with Gasteiger partial charge in [-0.1, -0.05) is 36.4 Å². The van der Waals surface area contributed by atoms with Crippen LogP contribution in [0.5, 0.6) is 0 Å². The monoisotopic (exact) mass is 333 g/mol. The Morgan fingerprint density at radius 2 is 1.79 bits per heavy atom. The van der Waals surface area contributed by atoms with Crippen LogP contribution in [0, 0.1) is 0 Å². The summed E-state index contributed by atoms with van der Waals surface area (Å²) in [7, 11) is 1.76. The van der Waals surface area contributed by atoms with Crippen LogP contribution in [0.4, 0.5) is 13.2 Å². The minimum absolute atomic E-state index is 0.0446. The summed E-state index contributed by atoms with van der Waals surface area (Å²) >= 11 is 0. The minimum Gasteiger partial charge on any atom is -0.338 e. The second-order valence-corrected chi connectivity index (χ2v) is 6.13. The number of hydrogen-bond donors (Lipinski definition) is 0. The average molecular weight is 333 g/mol. The van der Waals surface area contributed by atoms with Gasteiger partial charge in [0.15, 0.2) is 0 Å². The van der Waals surface area contributed by atoms with Crippen LogP contribution >= 0.6 is 0 Å². The van der Waals surface area contributed by atoms with Gasteiger partial charge < -0.3 is 4.90 Å². The molecule has 2 aromatic carbocycles. The molecule has 0 bridgehead atoms. The van der Waals surface area contributed by atoms with Gasteiger partial charge in [0.05, 0.1) is 18.0 Å². The first-order chi connectivity index (χ1) is 11.4. The van der Waals surface area contributed by atoms with Gasteiger partial charge in [0.25, 0.3) is 0 Å². The lowest BCUT2D eigenvalue weighted by Gasteiger charge is -2.25. The molecular formula is C19H18F3NO. The first kappa shape index (κ1) is 16.6. The zero-order chi connectivity index (χ0) is 17.3. The Labute approximate surface area is 138 Å². The number of nitrogens with zero attached hydrogens (tertiary/aromatic N) is 1. The maximum Gasteiger partial charge on any atom is 0.416 e. The van der Waals surface area contributed by atoms with E-state index in [1.807, 2.05) is 18.2 Å². The Hall–Kier alpha value is -2.30. The third-order valence-corrected chi connectivity index (χ3v) is 4.60. The Morgan fingerprint density at radius 3 is 2.46 bits per heavy atom. The number of fused-ring (bicyclic) bond motifs is 1. The van der Waals surface area contributed by atoms with E-state index in [-0.39, 0.29) is 18.4 Å². The van der Waals surface area contributed by atoms with E-state index in [9.17, 15) is 18.0 Å². The maximum atomic E-state index is 12.6. The van der Waals surface area contributed by atoms with Gasteiger partial charge in [-0.25, -0.2) is 0 Å². The van der Waals surface area contributed by atoms with Gasteiger partial charge in [0, 0.05) is 7.05 Å². The zero-order valence-electron chi connectivity index (χ0n) is 13.3. The highest BCUT2D eigenvalue weighted by Gasteiger charge is 2.31. The topological polar surface area (TPSA) is 20.3 Å². The summed E-state index contributed by atoms with van der Waals surface area (Å²) in [4.78, 5) is 14.2. The number of hydrogen-bond acceptors (Lipinski definition) is 1. The van der Waals surface area contributed by atoms with Crippen LogP contribution in [-0.4, -0.2) is 17.9 Å². The molecule has 0 N–H and O–H groups in total. The average Bonchev–Trinajstić information content (AvgIpc) is 2.97. The number of amides is 1. The Balaban J connectivity index is 1.69. The molecular weight excluding hydrogens is 315 g/mol. The van der Waals surface area contributed by atoms with Gasteiger partial charge in [-0.05, 0) is 41.7 Å². The van der Waals surface area contributed by atoms with Crippen LogP contribution in [0.2, 0.25) is 0 Å². The summed E-state index contributed by atoms with van der Waals surface area (Å²) in [5, 5.41) is 0. The van der Waals surface area contributed by atoms with Crippen molar-refractivity contribution >= 4 is 5.91 Å². The molecule has 0 aliphatic heterocycles. The summed E-state index contributed by atoms with van der Waals surface area (Å²) in [5.41, 5.74) is 2.32. The number of carbonyl (C=O) groups excluding carboxylic acids is 1. The molecule has 126 valence electrons. The number of aryl methyl sites for hydroxylation is 1. The molecule has 1 aliphatic rings. The lowest BCUT2D eigenvalue weighted by atomic mass is 10.1. The molecule has 0 fully saturated rings. The van der Waals surface area contributed by atoms with Crippen molar-refractivity contribution in [1.29, 1.82) is 0 Å². The second-order valence-electron chi connectivity index (χ2n) is 6.13. The van der Waals surface area contributed by atoms with Crippen molar-refractivity contribution in [2.24, 2.45) is 0 Å². The summed E-state index contributed by atoms with van der Waals surface area (Å²) in [6, 6.07) is 12.9. The number of carbonyl (C=O) groups is 1. The number of alkyl halides is 3. The lowest BCUT2D eigenvalue weighted by molar-refractivity contribution is -0.137. The van der Waals surface area contributed by atoms with Crippen LogP contribution in [0.25, 0.3) is 0 Å². The first-order valence-electron chi connectivity index (χ1n) is 7.86. The Kier molecular flexibility index (Phi) is 4.35. The third-order valence-electron chi connectivity index (χ3n) is 4.60. The number of halogens is 3. The maximum absolute atomic E-state index is 12.6. The highest BCUT2D eigenvalue weighted by atomic mass is 19.4. The number of likely N-dealkylation sites (N-methyl/N-ethyl adjacent to an activating group) is 1. The standard InChI is InChI=1S/C19H18F3NO/c1-23(17-11-8-14-4-2-3-5-16(14)17)18(24)12-13-6-9-15(10-7-13)19(20,21)22/h2-7,9-10,17H,8,11-12H2,1H3/t17-/m1/s1. The van der Waals surface area contributed by atoms with E-state index in [1.165, 1.54) is 23.3 Å². The van der Waals surface area contributed by atoms with Gasteiger partial charge in [0.2, 0.25) is 5.91 Å². The molecule has 2 nitrogen and oxygen atoms in total. The molecule has 0 saturated carbocycles. The van der Waals surface area contributed by atoms with Crippen molar-refractivity contribution < 1.29 is 18.0 Å². The fourth-order valence-electron chi connectivity index (χ4n) is 3.22. The van der Waals surface area contributed by atoms with Crippen LogP contribution in [0.3, 0.4) is 0 Å². The van der Waals surface area contributed by atoms with Gasteiger partial charge in [-0.3, -0.25) is 4.79 Å². The molecule has 1 atom stereocenters. The Morgan fingerprint density at radius 1 is 1.12 bits per heavy atom. The van der Waals surface area contributed by atoms with Gasteiger partial charge >= 0.3 is 6.18 Å². The van der Waals surface area contributed by atoms with Gasteiger partial charge in [0.1, 0.15) is 0 Å². The van der Waals surface area contributed by atoms with E-state index in [1.54, 1.807) is 11.9 Å². The summed E-state index contributed by atoms with van der Waals surface area (Å²) < 4.78 is 37.7. The van der Waals surface area contributed by atoms with E-state index in [2.05, 4.69) is 6.07 Å². The highest BCUT2D eigenvalue weighted by Crippen LogP contribution is 2.35. The molecule has 0 unspecified atom stereocenters. The van der Waals surface area contributed by atoms with Crippen molar-refractivity contribution in [3.63, 3.8) is 0 Å². The molecule has 0 heterocycles. The molecule has 0 radical (unpaired) electrons. The smallest absolute Gasteiger partial charge is 0.338 e. The molecule has 2 aromatic rings. The third kappa shape index (κ3) is 3.30. The van der Waals surface area contributed by atoms with Crippen LogP contribution in [0.1, 0.15) is 34.7 Å². The normalized spacial score (nSPS) is 16.8. The number of rotatable bonds is 3. The van der Waals surface area contributed by atoms with Crippen molar-refractivity contribution in [3.8, 4) is 0 Å². The van der Waals surface area contributed by atoms with E-state index in [0.29, 0.717) is 5.56 Å². The molecule has 1 aliphatic carbocycles. The van der Waals surface area contributed by atoms with Crippen molar-refractivity contribution in [2.75, 3.05) is 7.05 Å². The fraction of sp³-hybridized carbons (Fsp3) is 0.316. The molecule has 0 spiro atoms. The summed E-state index contributed by atoms with van der Waals surface area (Å²) in [5.74, 6) is -0.0866. The van der Waals surface area contributed by atoms with Crippen LogP contribution in [0.15, 0.2) is 48.5 Å². The van der Waals surface area contributed by atoms with Crippen molar-refractivity contribution in [2.45, 2.75) is 31.5 Å². The van der Waals surface area contributed by atoms with E-state index in [0.717, 1.165) is 25.0 Å². The summed E-state index contributed by atoms with van der Waals surface area (Å²) in [6.07, 6.45) is -2.42. The predicted octanol–water partition coefficient (Wildman–Crippen LogP) is 4.39. The SMILES string of the molecule is CN(C(=O)Cc1ccc(C(F)(F)F)cc1)[C@@H]1CCc2ccccc21. The lowest BCUT2D eigenvalue weighted by Crippen LogP contribution is -2.31. The van der Waals surface area contributed by atoms with E-state index in [4.69, 9.17) is 0 Å². The minimum atomic E-state index is -4.35. The molecule has 1 amide bonds. The highest BCUT2D eigenvalue weighted by molar-refractivity contribution is 5.79. The summed E-state index contributed by atoms with van der Waals surface area (Å²) in [6.45, 7) is 0. The van der Waals surface area contributed by atoms with Crippen LogP contribution in [-0.2, 0) is 23.8 Å². The molecule has 5 heteroatoms. The van der Waals surface area contributed by atoms with Crippen molar-refractivity contribution in [3.05, 3.63) is 70.8 Å². The van der Waals surface area contributed by atoms with Crippen LogP contribution < -0.4 is 0 Å². The van der Waals surface area contributed by atoms with Crippen molar-refractivity contribution in [1.82, 2.24) is 4.90 Å². The quantitative estimate of drug-likeness (QED) is 0.815. The Bertz CT molecular complexity index is 737. The largest absolute Gasteiger partial charge is 0.416 e. The number of benzene rings is 2. The second kappa shape index (κ2) is 6.30. The molecule has 24 heavy (non-hydrogen) atoms. The van der Waals surface area contributed by atoms with E-state index < -0.39 is 11.7 Å². The fourth-order valence-corrected chi connectivity index (χ4v) is 3.22. The van der Waals surface area contributed by atoms with Gasteiger partial charge in [-0.15, -0.1) is 0 Å². The molecule has 0 saturated heterocycles. The predicted molar refractivity (Wildman–Crippen MR) is 85.4 cm³/mol. The first-order valence-corrected chi connectivity index (χ1v) is 7.86. The molecule has 3 rings (SSSR count). The molecule has 0 aromatic heterocycles.